The quantitative estimate of drug-likeness (QED) is 0.852. The molecule has 1 spiro atoms. The molecule has 0 bridgehead atoms. The fraction of sp³-hybridized carbons (Fsp3) is 0.562. The van der Waals surface area contributed by atoms with Crippen LogP contribution in [0.4, 0.5) is 17.6 Å². The van der Waals surface area contributed by atoms with E-state index in [0.29, 0.717) is 0 Å². The van der Waals surface area contributed by atoms with Crippen molar-refractivity contribution in [2.45, 2.75) is 37.5 Å². The maximum atomic E-state index is 14.0. The molecule has 1 aromatic rings. The normalized spacial score (nSPS) is 31.9. The lowest BCUT2D eigenvalue weighted by molar-refractivity contribution is -0.200. The fourth-order valence-electron chi connectivity index (χ4n) is 4.01. The van der Waals surface area contributed by atoms with Gasteiger partial charge in [0.05, 0.1) is 13.0 Å². The van der Waals surface area contributed by atoms with Crippen LogP contribution in [-0.2, 0) is 4.79 Å². The van der Waals surface area contributed by atoms with Gasteiger partial charge >= 0.3 is 5.97 Å². The molecular weight excluding hydrogens is 316 g/mol. The van der Waals surface area contributed by atoms with Crippen molar-refractivity contribution >= 4 is 5.97 Å². The second-order valence-corrected chi connectivity index (χ2v) is 6.43. The number of alkyl halides is 2. The van der Waals surface area contributed by atoms with Gasteiger partial charge < -0.3 is 9.84 Å². The van der Waals surface area contributed by atoms with E-state index in [0.717, 1.165) is 13.2 Å². The van der Waals surface area contributed by atoms with Crippen molar-refractivity contribution < 1.29 is 32.2 Å². The predicted molar refractivity (Wildman–Crippen MR) is 72.6 cm³/mol. The Labute approximate surface area is 130 Å². The third-order valence-electron chi connectivity index (χ3n) is 5.40. The van der Waals surface area contributed by atoms with Crippen LogP contribution in [0.5, 0.6) is 5.75 Å². The summed E-state index contributed by atoms with van der Waals surface area (Å²) < 4.78 is 60.1. The number of hydrogen-bond donors (Lipinski definition) is 1. The van der Waals surface area contributed by atoms with Gasteiger partial charge in [0.1, 0.15) is 0 Å². The number of benzene rings is 1. The Balaban J connectivity index is 2.05. The minimum Gasteiger partial charge on any atom is -0.493 e. The Morgan fingerprint density at radius 3 is 2.43 bits per heavy atom. The summed E-state index contributed by atoms with van der Waals surface area (Å²) in [6.45, 7) is 0. The first-order valence-corrected chi connectivity index (χ1v) is 7.35. The van der Waals surface area contributed by atoms with Crippen molar-refractivity contribution in [2.24, 2.45) is 11.3 Å². The fourth-order valence-corrected chi connectivity index (χ4v) is 4.01. The number of halogens is 4. The molecule has 3 nitrogen and oxygen atoms in total. The van der Waals surface area contributed by atoms with E-state index in [9.17, 15) is 27.5 Å². The molecule has 0 unspecified atom stereocenters. The molecule has 126 valence electrons. The highest BCUT2D eigenvalue weighted by molar-refractivity contribution is 5.72. The van der Waals surface area contributed by atoms with Crippen LogP contribution >= 0.6 is 0 Å². The minimum atomic E-state index is -2.92. The molecule has 3 atom stereocenters. The molecule has 0 aromatic heterocycles. The number of methoxy groups -OCH3 is 1. The third-order valence-corrected chi connectivity index (χ3v) is 5.40. The molecule has 7 heteroatoms. The van der Waals surface area contributed by atoms with E-state index in [2.05, 4.69) is 0 Å². The van der Waals surface area contributed by atoms with E-state index in [4.69, 9.17) is 4.74 Å². The maximum Gasteiger partial charge on any atom is 0.307 e. The monoisotopic (exact) mass is 332 g/mol. The molecule has 0 radical (unpaired) electrons. The van der Waals surface area contributed by atoms with Crippen molar-refractivity contribution in [3.63, 3.8) is 0 Å². The summed E-state index contributed by atoms with van der Waals surface area (Å²) in [6.07, 6.45) is -0.256. The van der Waals surface area contributed by atoms with E-state index in [1.165, 1.54) is 6.07 Å². The Kier molecular flexibility index (Phi) is 3.57. The summed E-state index contributed by atoms with van der Waals surface area (Å²) >= 11 is 0. The molecule has 2 aliphatic rings. The van der Waals surface area contributed by atoms with Gasteiger partial charge in [-0.3, -0.25) is 4.79 Å². The first-order valence-electron chi connectivity index (χ1n) is 7.35. The summed E-state index contributed by atoms with van der Waals surface area (Å²) in [4.78, 5) is 11.5. The van der Waals surface area contributed by atoms with E-state index in [1.807, 2.05) is 0 Å². The highest BCUT2D eigenvalue weighted by Crippen LogP contribution is 2.67. The molecule has 2 aliphatic carbocycles. The number of ether oxygens (including phenoxy) is 1. The number of aliphatic carboxylic acids is 1. The summed E-state index contributed by atoms with van der Waals surface area (Å²) in [6, 6.07) is 2.10. The van der Waals surface area contributed by atoms with Gasteiger partial charge in [-0.05, 0) is 25.3 Å². The van der Waals surface area contributed by atoms with E-state index < -0.39 is 46.5 Å². The zero-order chi connectivity index (χ0) is 17.0. The molecule has 1 aromatic carbocycles. The SMILES string of the molecule is COc1c([C@@H]2C[C@@]3(CCC3(F)F)C[C@H]2C(=O)O)ccc(F)c1F. The number of carboxylic acids is 1. The standard InChI is InChI=1S/C16H16F4O3/c1-23-13-8(2-3-11(17)12(13)18)9-6-15(4-5-16(15,19)20)7-10(9)14(21)22/h2-3,9-10H,4-7H2,1H3,(H,21,22)/t9-,10+,15-/m0/s1. The molecule has 0 aliphatic heterocycles. The highest BCUT2D eigenvalue weighted by atomic mass is 19.3. The number of hydrogen-bond acceptors (Lipinski definition) is 2. The summed E-state index contributed by atoms with van der Waals surface area (Å²) in [7, 11) is 1.14. The lowest BCUT2D eigenvalue weighted by atomic mass is 9.63. The zero-order valence-corrected chi connectivity index (χ0v) is 12.4. The van der Waals surface area contributed by atoms with E-state index >= 15 is 0 Å². The van der Waals surface area contributed by atoms with Crippen LogP contribution in [0.3, 0.4) is 0 Å². The van der Waals surface area contributed by atoms with Crippen LogP contribution in [0.25, 0.3) is 0 Å². The van der Waals surface area contributed by atoms with Crippen LogP contribution in [0.1, 0.15) is 37.2 Å². The second-order valence-electron chi connectivity index (χ2n) is 6.43. The topological polar surface area (TPSA) is 46.5 Å². The highest BCUT2D eigenvalue weighted by Gasteiger charge is 2.67. The molecule has 2 fully saturated rings. The van der Waals surface area contributed by atoms with Crippen LogP contribution < -0.4 is 4.74 Å². The summed E-state index contributed by atoms with van der Waals surface area (Å²) in [5.74, 6) is -8.78. The van der Waals surface area contributed by atoms with Gasteiger partial charge in [-0.25, -0.2) is 13.2 Å². The molecule has 0 heterocycles. The second kappa shape index (κ2) is 5.11. The Hall–Kier alpha value is -1.79. The largest absolute Gasteiger partial charge is 0.493 e. The van der Waals surface area contributed by atoms with Crippen molar-refractivity contribution in [2.75, 3.05) is 7.11 Å². The molecule has 1 N–H and O–H groups in total. The van der Waals surface area contributed by atoms with Crippen molar-refractivity contribution in [3.8, 4) is 5.75 Å². The first-order chi connectivity index (χ1) is 10.7. The van der Waals surface area contributed by atoms with Crippen LogP contribution in [0.15, 0.2) is 12.1 Å². The van der Waals surface area contributed by atoms with Gasteiger partial charge in [-0.2, -0.15) is 4.39 Å². The summed E-state index contributed by atoms with van der Waals surface area (Å²) in [5, 5.41) is 9.40. The van der Waals surface area contributed by atoms with Crippen LogP contribution in [0, 0.1) is 23.0 Å². The van der Waals surface area contributed by atoms with Crippen LogP contribution in [0.2, 0.25) is 0 Å². The van der Waals surface area contributed by atoms with Crippen molar-refractivity contribution in [1.29, 1.82) is 0 Å². The molecule has 23 heavy (non-hydrogen) atoms. The molecule has 0 saturated heterocycles. The average molecular weight is 332 g/mol. The van der Waals surface area contributed by atoms with Crippen molar-refractivity contribution in [3.05, 3.63) is 29.3 Å². The van der Waals surface area contributed by atoms with Gasteiger partial charge in [0, 0.05) is 23.3 Å². The lowest BCUT2D eigenvalue weighted by Crippen LogP contribution is -2.49. The van der Waals surface area contributed by atoms with Gasteiger partial charge in [0.2, 0.25) is 5.82 Å². The predicted octanol–water partition coefficient (Wildman–Crippen LogP) is 3.97. The third kappa shape index (κ3) is 2.20. The molecular formula is C16H16F4O3. The van der Waals surface area contributed by atoms with Crippen LogP contribution in [-0.4, -0.2) is 24.1 Å². The van der Waals surface area contributed by atoms with E-state index in [-0.39, 0.29) is 31.2 Å². The maximum absolute atomic E-state index is 14.0. The van der Waals surface area contributed by atoms with Gasteiger partial charge in [-0.1, -0.05) is 6.07 Å². The minimum absolute atomic E-state index is 0.0710. The zero-order valence-electron chi connectivity index (χ0n) is 12.4. The number of carboxylic acid groups (broad SMARTS) is 1. The molecule has 0 amide bonds. The molecule has 2 saturated carbocycles. The first kappa shape index (κ1) is 16.1. The number of carbonyl (C=O) groups is 1. The van der Waals surface area contributed by atoms with Gasteiger partial charge in [0.25, 0.3) is 5.92 Å². The summed E-state index contributed by atoms with van der Waals surface area (Å²) in [5.41, 5.74) is -1.23. The Morgan fingerprint density at radius 2 is 1.96 bits per heavy atom. The van der Waals surface area contributed by atoms with Crippen molar-refractivity contribution in [1.82, 2.24) is 0 Å². The molecule has 3 rings (SSSR count). The van der Waals surface area contributed by atoms with Gasteiger partial charge in [0.15, 0.2) is 11.6 Å². The smallest absolute Gasteiger partial charge is 0.307 e. The Bertz CT molecular complexity index is 661. The lowest BCUT2D eigenvalue weighted by Gasteiger charge is -2.47. The number of rotatable bonds is 3. The Morgan fingerprint density at radius 1 is 1.26 bits per heavy atom. The van der Waals surface area contributed by atoms with Gasteiger partial charge in [-0.15, -0.1) is 0 Å². The average Bonchev–Trinajstić information content (AvgIpc) is 2.92. The van der Waals surface area contributed by atoms with E-state index in [1.54, 1.807) is 0 Å².